The van der Waals surface area contributed by atoms with E-state index in [1.807, 2.05) is 13.8 Å². The Labute approximate surface area is 90.4 Å². The molecule has 0 aromatic heterocycles. The lowest BCUT2D eigenvalue weighted by molar-refractivity contribution is 0.202. The molecule has 0 amide bonds. The first kappa shape index (κ1) is 11.6. The minimum absolute atomic E-state index is 0.186. The van der Waals surface area contributed by atoms with E-state index >= 15 is 0 Å². The molecule has 1 unspecified atom stereocenters. The molecule has 0 saturated heterocycles. The maximum Gasteiger partial charge on any atom is 0.185 e. The molecule has 1 aromatic rings. The van der Waals surface area contributed by atoms with Crippen LogP contribution in [-0.4, -0.2) is 17.1 Å². The van der Waals surface area contributed by atoms with Gasteiger partial charge in [-0.3, -0.25) is 0 Å². The van der Waals surface area contributed by atoms with Gasteiger partial charge in [-0.25, -0.2) is 4.99 Å². The Morgan fingerprint density at radius 3 is 2.53 bits per heavy atom. The highest BCUT2D eigenvalue weighted by Crippen LogP contribution is 2.17. The fourth-order valence-electron chi connectivity index (χ4n) is 1.11. The van der Waals surface area contributed by atoms with Gasteiger partial charge < -0.3 is 9.84 Å². The normalized spacial score (nSPS) is 13.7. The van der Waals surface area contributed by atoms with Gasteiger partial charge in [-0.2, -0.15) is 0 Å². The van der Waals surface area contributed by atoms with Crippen LogP contribution in [0.15, 0.2) is 29.3 Å². The fraction of sp³-hybridized carbons (Fsp3) is 0.417. The number of aliphatic imine (C=N–C) groups is 1. The van der Waals surface area contributed by atoms with Gasteiger partial charge in [0, 0.05) is 6.92 Å². The third kappa shape index (κ3) is 4.02. The van der Waals surface area contributed by atoms with Crippen LogP contribution < -0.4 is 0 Å². The molecule has 0 aliphatic carbocycles. The second-order valence-corrected chi connectivity index (χ2v) is 3.48. The van der Waals surface area contributed by atoms with Gasteiger partial charge in [0.15, 0.2) is 5.90 Å². The Morgan fingerprint density at radius 1 is 1.40 bits per heavy atom. The largest absolute Gasteiger partial charge is 0.508 e. The maximum atomic E-state index is 9.09. The van der Waals surface area contributed by atoms with Crippen LogP contribution in [-0.2, 0) is 4.74 Å². The lowest BCUT2D eigenvalue weighted by atomic mass is 10.3. The predicted octanol–water partition coefficient (Wildman–Crippen LogP) is 3.26. The monoisotopic (exact) mass is 207 g/mol. The van der Waals surface area contributed by atoms with Crippen molar-refractivity contribution in [3.8, 4) is 5.75 Å². The van der Waals surface area contributed by atoms with Gasteiger partial charge in [0.05, 0.1) is 11.8 Å². The average molecular weight is 207 g/mol. The van der Waals surface area contributed by atoms with Crippen LogP contribution in [0.4, 0.5) is 5.69 Å². The molecule has 15 heavy (non-hydrogen) atoms. The van der Waals surface area contributed by atoms with Gasteiger partial charge in [-0.15, -0.1) is 0 Å². The van der Waals surface area contributed by atoms with E-state index in [2.05, 4.69) is 11.9 Å². The Kier molecular flexibility index (Phi) is 4.16. The molecule has 0 radical (unpaired) electrons. The maximum absolute atomic E-state index is 9.09. The predicted molar refractivity (Wildman–Crippen MR) is 61.7 cm³/mol. The van der Waals surface area contributed by atoms with Gasteiger partial charge in [0.1, 0.15) is 5.75 Å². The van der Waals surface area contributed by atoms with E-state index in [0.717, 1.165) is 12.1 Å². The number of hydrogen-bond acceptors (Lipinski definition) is 3. The Hall–Kier alpha value is -1.51. The van der Waals surface area contributed by atoms with Crippen molar-refractivity contribution in [3.63, 3.8) is 0 Å². The van der Waals surface area contributed by atoms with E-state index in [4.69, 9.17) is 9.84 Å². The fourth-order valence-corrected chi connectivity index (χ4v) is 1.11. The number of aromatic hydroxyl groups is 1. The van der Waals surface area contributed by atoms with Crippen LogP contribution in [0.1, 0.15) is 27.2 Å². The van der Waals surface area contributed by atoms with Gasteiger partial charge >= 0.3 is 0 Å². The highest BCUT2D eigenvalue weighted by Gasteiger charge is 2.00. The van der Waals surface area contributed by atoms with Crippen molar-refractivity contribution in [3.05, 3.63) is 24.3 Å². The summed E-state index contributed by atoms with van der Waals surface area (Å²) in [7, 11) is 0. The number of phenolic OH excluding ortho intramolecular Hbond substituents is 1. The first-order valence-electron chi connectivity index (χ1n) is 5.12. The molecule has 0 aliphatic heterocycles. The summed E-state index contributed by atoms with van der Waals surface area (Å²) >= 11 is 0. The van der Waals surface area contributed by atoms with Gasteiger partial charge in [0.2, 0.25) is 0 Å². The summed E-state index contributed by atoms with van der Waals surface area (Å²) in [5, 5.41) is 9.09. The summed E-state index contributed by atoms with van der Waals surface area (Å²) in [4.78, 5) is 4.27. The van der Waals surface area contributed by atoms with Crippen molar-refractivity contribution in [2.75, 3.05) is 0 Å². The molecule has 3 nitrogen and oxygen atoms in total. The molecule has 1 rings (SSSR count). The molecule has 1 N–H and O–H groups in total. The van der Waals surface area contributed by atoms with Crippen molar-refractivity contribution in [2.24, 2.45) is 4.99 Å². The molecule has 3 heteroatoms. The lowest BCUT2D eigenvalue weighted by Crippen LogP contribution is -2.10. The van der Waals surface area contributed by atoms with Crippen molar-refractivity contribution in [1.82, 2.24) is 0 Å². The quantitative estimate of drug-likeness (QED) is 0.610. The number of nitrogens with zero attached hydrogens (tertiary/aromatic N) is 1. The van der Waals surface area contributed by atoms with Crippen LogP contribution in [0, 0.1) is 0 Å². The Bertz CT molecular complexity index is 330. The van der Waals surface area contributed by atoms with E-state index in [9.17, 15) is 0 Å². The topological polar surface area (TPSA) is 41.8 Å². The molecule has 0 bridgehead atoms. The molecule has 0 saturated carbocycles. The summed E-state index contributed by atoms with van der Waals surface area (Å²) in [6.45, 7) is 5.91. The first-order valence-corrected chi connectivity index (χ1v) is 5.12. The standard InChI is InChI=1S/C12H17NO2/c1-4-9(2)15-10(3)13-11-5-7-12(14)8-6-11/h5-9,14H,4H2,1-3H3. The minimum Gasteiger partial charge on any atom is -0.508 e. The molecule has 0 spiro atoms. The Morgan fingerprint density at radius 2 is 2.00 bits per heavy atom. The summed E-state index contributed by atoms with van der Waals surface area (Å²) in [5.41, 5.74) is 0.786. The van der Waals surface area contributed by atoms with Crippen molar-refractivity contribution in [2.45, 2.75) is 33.3 Å². The van der Waals surface area contributed by atoms with E-state index < -0.39 is 0 Å². The van der Waals surface area contributed by atoms with E-state index in [0.29, 0.717) is 5.90 Å². The van der Waals surface area contributed by atoms with Crippen LogP contribution in [0.2, 0.25) is 0 Å². The zero-order chi connectivity index (χ0) is 11.3. The van der Waals surface area contributed by atoms with E-state index in [1.54, 1.807) is 24.3 Å². The molecular weight excluding hydrogens is 190 g/mol. The van der Waals surface area contributed by atoms with Crippen molar-refractivity contribution in [1.29, 1.82) is 0 Å². The number of rotatable bonds is 3. The minimum atomic E-state index is 0.186. The SMILES string of the molecule is CCC(C)OC(C)=Nc1ccc(O)cc1. The number of phenols is 1. The number of hydrogen-bond donors (Lipinski definition) is 1. The zero-order valence-electron chi connectivity index (χ0n) is 9.40. The molecule has 0 fully saturated rings. The van der Waals surface area contributed by atoms with Gasteiger partial charge in [-0.1, -0.05) is 6.92 Å². The molecule has 0 heterocycles. The summed E-state index contributed by atoms with van der Waals surface area (Å²) in [5.74, 6) is 0.893. The number of benzene rings is 1. The highest BCUT2D eigenvalue weighted by molar-refractivity contribution is 5.76. The molecular formula is C12H17NO2. The second-order valence-electron chi connectivity index (χ2n) is 3.48. The van der Waals surface area contributed by atoms with Crippen molar-refractivity contribution >= 4 is 11.6 Å². The van der Waals surface area contributed by atoms with Crippen LogP contribution >= 0.6 is 0 Å². The van der Waals surface area contributed by atoms with Gasteiger partial charge in [0.25, 0.3) is 0 Å². The van der Waals surface area contributed by atoms with Crippen LogP contribution in [0.5, 0.6) is 5.75 Å². The summed E-state index contributed by atoms with van der Waals surface area (Å²) in [6, 6.07) is 6.71. The molecule has 1 atom stereocenters. The van der Waals surface area contributed by atoms with Crippen LogP contribution in [0.3, 0.4) is 0 Å². The summed E-state index contributed by atoms with van der Waals surface area (Å²) in [6.07, 6.45) is 1.15. The zero-order valence-corrected chi connectivity index (χ0v) is 9.40. The third-order valence-electron chi connectivity index (χ3n) is 2.08. The third-order valence-corrected chi connectivity index (χ3v) is 2.08. The van der Waals surface area contributed by atoms with E-state index in [-0.39, 0.29) is 11.9 Å². The smallest absolute Gasteiger partial charge is 0.185 e. The molecule has 1 aromatic carbocycles. The molecule has 82 valence electrons. The van der Waals surface area contributed by atoms with Crippen molar-refractivity contribution < 1.29 is 9.84 Å². The van der Waals surface area contributed by atoms with Gasteiger partial charge in [-0.05, 0) is 37.6 Å². The average Bonchev–Trinajstić information content (AvgIpc) is 2.21. The second kappa shape index (κ2) is 5.39. The van der Waals surface area contributed by atoms with E-state index in [1.165, 1.54) is 0 Å². The first-order chi connectivity index (χ1) is 7.11. The number of ether oxygens (including phenoxy) is 1. The van der Waals surface area contributed by atoms with Crippen LogP contribution in [0.25, 0.3) is 0 Å². The highest BCUT2D eigenvalue weighted by atomic mass is 16.5. The lowest BCUT2D eigenvalue weighted by Gasteiger charge is -2.11. The summed E-state index contributed by atoms with van der Waals surface area (Å²) < 4.78 is 5.52. The Balaban J connectivity index is 2.66. The molecule has 0 aliphatic rings.